The third-order valence-corrected chi connectivity index (χ3v) is 7.52. The van der Waals surface area contributed by atoms with Crippen molar-refractivity contribution in [3.63, 3.8) is 0 Å². The van der Waals surface area contributed by atoms with Crippen molar-refractivity contribution in [3.8, 4) is 23.0 Å². The van der Waals surface area contributed by atoms with Gasteiger partial charge in [0.05, 0.1) is 43.6 Å². The van der Waals surface area contributed by atoms with Gasteiger partial charge in [0, 0.05) is 27.9 Å². The Kier molecular flexibility index (Phi) is 11.9. The van der Waals surface area contributed by atoms with Crippen LogP contribution in [0.25, 0.3) is 0 Å². The molecule has 3 aromatic rings. The van der Waals surface area contributed by atoms with Crippen molar-refractivity contribution in [1.82, 2.24) is 16.1 Å². The molecule has 0 bridgehead atoms. The molecule has 0 spiro atoms. The summed E-state index contributed by atoms with van der Waals surface area (Å²) in [5, 5.41) is 20.3. The van der Waals surface area contributed by atoms with Crippen molar-refractivity contribution < 1.29 is 43.0 Å². The molecule has 48 heavy (non-hydrogen) atoms. The highest BCUT2D eigenvalue weighted by Crippen LogP contribution is 2.35. The lowest BCUT2D eigenvalue weighted by atomic mass is 9.95. The number of nitrogens with zero attached hydrogens (tertiary/aromatic N) is 2. The highest BCUT2D eigenvalue weighted by atomic mass is 79.9. The maximum absolute atomic E-state index is 12.6. The van der Waals surface area contributed by atoms with Crippen LogP contribution in [0.4, 0.5) is 10.5 Å². The molecule has 1 atom stereocenters. The van der Waals surface area contributed by atoms with Crippen LogP contribution in [-0.4, -0.2) is 56.5 Å². The number of esters is 1. The van der Waals surface area contributed by atoms with Crippen LogP contribution in [-0.2, 0) is 20.9 Å². The monoisotopic (exact) mass is 725 g/mol. The summed E-state index contributed by atoms with van der Waals surface area (Å²) < 4.78 is 28.1. The van der Waals surface area contributed by atoms with Gasteiger partial charge in [0.15, 0.2) is 29.6 Å². The number of hydrogen-bond donors (Lipinski definition) is 3. The molecule has 0 fully saturated rings. The second kappa shape index (κ2) is 16.3. The van der Waals surface area contributed by atoms with E-state index < -0.39 is 35.5 Å². The highest BCUT2D eigenvalue weighted by Gasteiger charge is 2.32. The average Bonchev–Trinajstić information content (AvgIpc) is 3.06. The molecule has 0 radical (unpaired) electrons. The van der Waals surface area contributed by atoms with Crippen LogP contribution in [0, 0.1) is 10.1 Å². The van der Waals surface area contributed by atoms with Crippen molar-refractivity contribution in [2.75, 3.05) is 27.4 Å². The Morgan fingerprint density at radius 3 is 2.50 bits per heavy atom. The van der Waals surface area contributed by atoms with Crippen molar-refractivity contribution in [3.05, 3.63) is 97.1 Å². The predicted octanol–water partition coefficient (Wildman–Crippen LogP) is 4.67. The summed E-state index contributed by atoms with van der Waals surface area (Å²) in [6.07, 6.45) is 1.40. The average molecular weight is 727 g/mol. The summed E-state index contributed by atoms with van der Waals surface area (Å²) in [7, 11) is 2.88. The molecule has 15 nitrogen and oxygen atoms in total. The number of nitro groups is 1. The predicted molar refractivity (Wildman–Crippen MR) is 176 cm³/mol. The fourth-order valence-corrected chi connectivity index (χ4v) is 5.02. The van der Waals surface area contributed by atoms with Crippen LogP contribution in [0.5, 0.6) is 23.0 Å². The largest absolute Gasteiger partial charge is 0.493 e. The van der Waals surface area contributed by atoms with E-state index in [0.29, 0.717) is 38.4 Å². The molecule has 3 aromatic carbocycles. The number of non-ortho nitro benzene ring substituents is 1. The normalized spacial score (nSPS) is 14.1. The zero-order chi connectivity index (χ0) is 34.8. The number of amides is 3. The second-order valence-corrected chi connectivity index (χ2v) is 10.9. The Labute approximate surface area is 283 Å². The van der Waals surface area contributed by atoms with Gasteiger partial charge >= 0.3 is 12.0 Å². The van der Waals surface area contributed by atoms with Crippen LogP contribution in [0.15, 0.2) is 75.4 Å². The highest BCUT2D eigenvalue weighted by molar-refractivity contribution is 9.10. The fraction of sp³-hybridized carbons (Fsp3) is 0.250. The standard InChI is InChI=1S/C32H32BrN5O10/c1-5-46-31(40)29-18(2)35-32(41)36-30(29)20-9-10-24(25(12-20)44-3)48-17-28(39)37-34-15-21-13-26(45-4)27(14-23(21)33)47-16-19-7-6-8-22(11-19)38(42)43/h6-15,30H,5,16-17H2,1-4H3,(H,37,39)(H2,35,36,41)/b34-15-/t30-/m1/s1. The molecule has 3 amide bonds. The molecular weight excluding hydrogens is 694 g/mol. The third-order valence-electron chi connectivity index (χ3n) is 6.84. The topological polar surface area (TPSA) is 189 Å². The molecule has 0 aromatic heterocycles. The first kappa shape index (κ1) is 35.2. The van der Waals surface area contributed by atoms with E-state index in [2.05, 4.69) is 37.1 Å². The van der Waals surface area contributed by atoms with Gasteiger partial charge in [-0.25, -0.2) is 15.0 Å². The molecule has 252 valence electrons. The minimum Gasteiger partial charge on any atom is -0.493 e. The number of carbonyl (C=O) groups is 3. The van der Waals surface area contributed by atoms with Gasteiger partial charge in [0.1, 0.15) is 6.61 Å². The molecule has 16 heteroatoms. The lowest BCUT2D eigenvalue weighted by Gasteiger charge is -2.28. The van der Waals surface area contributed by atoms with Crippen LogP contribution in [0.2, 0.25) is 0 Å². The third kappa shape index (κ3) is 8.79. The van der Waals surface area contributed by atoms with Crippen molar-refractivity contribution >= 4 is 45.7 Å². The summed E-state index contributed by atoms with van der Waals surface area (Å²) >= 11 is 3.45. The Morgan fingerprint density at radius 1 is 1.04 bits per heavy atom. The van der Waals surface area contributed by atoms with Crippen molar-refractivity contribution in [1.29, 1.82) is 0 Å². The fourth-order valence-electron chi connectivity index (χ4n) is 4.60. The van der Waals surface area contributed by atoms with Crippen molar-refractivity contribution in [2.24, 2.45) is 5.10 Å². The lowest BCUT2D eigenvalue weighted by molar-refractivity contribution is -0.384. The Balaban J connectivity index is 1.38. The first-order chi connectivity index (χ1) is 23.0. The number of hydrogen-bond acceptors (Lipinski definition) is 11. The quantitative estimate of drug-likeness (QED) is 0.0911. The summed E-state index contributed by atoms with van der Waals surface area (Å²) in [5.74, 6) is 0.132. The van der Waals surface area contributed by atoms with Gasteiger partial charge in [-0.15, -0.1) is 0 Å². The van der Waals surface area contributed by atoms with E-state index in [0.717, 1.165) is 0 Å². The number of urea groups is 1. The molecule has 1 aliphatic rings. The number of allylic oxidation sites excluding steroid dienone is 1. The number of halogens is 1. The SMILES string of the molecule is CCOC(=O)C1=C(C)NC(=O)N[C@@H]1c1ccc(OCC(=O)N/N=C\c2cc(OC)c(OCc3cccc([N+](=O)[O-])c3)cc2Br)c(OC)c1. The number of ether oxygens (including phenoxy) is 5. The number of nitro benzene ring substituents is 1. The number of rotatable bonds is 14. The smallest absolute Gasteiger partial charge is 0.338 e. The first-order valence-corrected chi connectivity index (χ1v) is 15.2. The van der Waals surface area contributed by atoms with Gasteiger partial charge in [-0.1, -0.05) is 18.2 Å². The lowest BCUT2D eigenvalue weighted by Crippen LogP contribution is -2.45. The van der Waals surface area contributed by atoms with Gasteiger partial charge in [-0.05, 0) is 65.2 Å². The van der Waals surface area contributed by atoms with Crippen LogP contribution < -0.4 is 35.0 Å². The Hall–Kier alpha value is -5.64. The van der Waals surface area contributed by atoms with Crippen LogP contribution in [0.1, 0.15) is 36.6 Å². The van der Waals surface area contributed by atoms with Gasteiger partial charge in [-0.3, -0.25) is 14.9 Å². The van der Waals surface area contributed by atoms with Crippen molar-refractivity contribution in [2.45, 2.75) is 26.5 Å². The van der Waals surface area contributed by atoms with Gasteiger partial charge < -0.3 is 34.3 Å². The number of hydrazone groups is 1. The van der Waals surface area contributed by atoms with Gasteiger partial charge in [0.25, 0.3) is 11.6 Å². The minimum absolute atomic E-state index is 0.0390. The van der Waals surface area contributed by atoms with E-state index in [-0.39, 0.29) is 36.0 Å². The molecule has 0 unspecified atom stereocenters. The molecule has 1 heterocycles. The van der Waals surface area contributed by atoms with Gasteiger partial charge in [-0.2, -0.15) is 5.10 Å². The summed E-state index contributed by atoms with van der Waals surface area (Å²) in [5.41, 5.74) is 4.66. The molecule has 4 rings (SSSR count). The first-order valence-electron chi connectivity index (χ1n) is 14.4. The number of nitrogens with one attached hydrogen (secondary N) is 3. The van der Waals surface area contributed by atoms with Gasteiger partial charge in [0.2, 0.25) is 0 Å². The minimum atomic E-state index is -0.801. The zero-order valence-electron chi connectivity index (χ0n) is 26.3. The molecule has 0 aliphatic carbocycles. The van der Waals surface area contributed by atoms with E-state index in [1.165, 1.54) is 32.6 Å². The molecular formula is C32H32BrN5O10. The number of methoxy groups -OCH3 is 2. The van der Waals surface area contributed by atoms with E-state index in [1.807, 2.05) is 0 Å². The molecule has 1 aliphatic heterocycles. The molecule has 3 N–H and O–H groups in total. The molecule has 0 saturated heterocycles. The zero-order valence-corrected chi connectivity index (χ0v) is 27.9. The van der Waals surface area contributed by atoms with E-state index in [1.54, 1.807) is 56.3 Å². The maximum atomic E-state index is 12.6. The summed E-state index contributed by atoms with van der Waals surface area (Å²) in [4.78, 5) is 47.9. The second-order valence-electron chi connectivity index (χ2n) is 10.0. The number of carbonyl (C=O) groups excluding carboxylic acids is 3. The Morgan fingerprint density at radius 2 is 1.79 bits per heavy atom. The van der Waals surface area contributed by atoms with E-state index in [9.17, 15) is 24.5 Å². The van der Waals surface area contributed by atoms with Crippen LogP contribution in [0.3, 0.4) is 0 Å². The van der Waals surface area contributed by atoms with E-state index >= 15 is 0 Å². The maximum Gasteiger partial charge on any atom is 0.338 e. The summed E-state index contributed by atoms with van der Waals surface area (Å²) in [6.45, 7) is 3.13. The van der Waals surface area contributed by atoms with Crippen LogP contribution >= 0.6 is 15.9 Å². The summed E-state index contributed by atoms with van der Waals surface area (Å²) in [6, 6.07) is 12.9. The Bertz CT molecular complexity index is 1780. The molecule has 0 saturated carbocycles. The van der Waals surface area contributed by atoms with E-state index in [4.69, 9.17) is 23.7 Å². The number of benzene rings is 3.